The maximum absolute atomic E-state index is 5.95. The van der Waals surface area contributed by atoms with Crippen molar-refractivity contribution in [3.63, 3.8) is 0 Å². The van der Waals surface area contributed by atoms with Gasteiger partial charge in [-0.1, -0.05) is 39.0 Å². The number of hydrogen-bond acceptors (Lipinski definition) is 3. The van der Waals surface area contributed by atoms with Crippen molar-refractivity contribution in [3.05, 3.63) is 59.9 Å². The number of rotatable bonds is 4. The van der Waals surface area contributed by atoms with Gasteiger partial charge in [0.1, 0.15) is 11.9 Å². The predicted molar refractivity (Wildman–Crippen MR) is 81.8 cm³/mol. The summed E-state index contributed by atoms with van der Waals surface area (Å²) in [6.45, 7) is 7.01. The van der Waals surface area contributed by atoms with Crippen LogP contribution in [0.15, 0.2) is 48.8 Å². The zero-order valence-electron chi connectivity index (χ0n) is 12.3. The van der Waals surface area contributed by atoms with Gasteiger partial charge < -0.3 is 10.5 Å². The summed E-state index contributed by atoms with van der Waals surface area (Å²) in [5.41, 5.74) is 8.23. The largest absolute Gasteiger partial charge is 0.484 e. The van der Waals surface area contributed by atoms with Gasteiger partial charge in [0.2, 0.25) is 0 Å². The van der Waals surface area contributed by atoms with Gasteiger partial charge in [0, 0.05) is 24.5 Å². The van der Waals surface area contributed by atoms with Crippen LogP contribution in [0.3, 0.4) is 0 Å². The average molecular weight is 270 g/mol. The second-order valence-electron chi connectivity index (χ2n) is 5.90. The molecule has 0 spiro atoms. The molecule has 1 aromatic heterocycles. The van der Waals surface area contributed by atoms with Crippen LogP contribution in [0, 0.1) is 0 Å². The number of ether oxygens (including phenoxy) is 1. The fourth-order valence-electron chi connectivity index (χ4n) is 2.02. The summed E-state index contributed by atoms with van der Waals surface area (Å²) in [6.07, 6.45) is 3.38. The van der Waals surface area contributed by atoms with Crippen molar-refractivity contribution in [1.82, 2.24) is 4.98 Å². The molecule has 20 heavy (non-hydrogen) atoms. The van der Waals surface area contributed by atoms with E-state index in [4.69, 9.17) is 10.5 Å². The Kier molecular flexibility index (Phi) is 4.40. The molecule has 2 rings (SSSR count). The standard InChI is InChI=1S/C17H22N2O/c1-17(2,3)14-6-8-15(9-7-14)20-16(11-18)13-5-4-10-19-12-13/h4-10,12,16H,11,18H2,1-3H3. The number of nitrogens with two attached hydrogens (primary N) is 1. The Hall–Kier alpha value is -1.87. The summed E-state index contributed by atoms with van der Waals surface area (Å²) >= 11 is 0. The second kappa shape index (κ2) is 6.06. The highest BCUT2D eigenvalue weighted by molar-refractivity contribution is 5.31. The molecular weight excluding hydrogens is 248 g/mol. The molecule has 0 bridgehead atoms. The van der Waals surface area contributed by atoms with Crippen molar-refractivity contribution in [2.75, 3.05) is 6.54 Å². The van der Waals surface area contributed by atoms with E-state index < -0.39 is 0 Å². The van der Waals surface area contributed by atoms with Crippen molar-refractivity contribution >= 4 is 0 Å². The minimum Gasteiger partial charge on any atom is -0.484 e. The van der Waals surface area contributed by atoms with E-state index in [0.29, 0.717) is 6.54 Å². The van der Waals surface area contributed by atoms with Crippen LogP contribution in [-0.2, 0) is 5.41 Å². The molecule has 2 N–H and O–H groups in total. The van der Waals surface area contributed by atoms with Gasteiger partial charge in [-0.15, -0.1) is 0 Å². The van der Waals surface area contributed by atoms with Gasteiger partial charge in [0.25, 0.3) is 0 Å². The highest BCUT2D eigenvalue weighted by Crippen LogP contribution is 2.26. The lowest BCUT2D eigenvalue weighted by Gasteiger charge is -2.21. The molecule has 0 radical (unpaired) electrons. The fourth-order valence-corrected chi connectivity index (χ4v) is 2.02. The Morgan fingerprint density at radius 2 is 1.85 bits per heavy atom. The number of nitrogens with zero attached hydrogens (tertiary/aromatic N) is 1. The summed E-state index contributed by atoms with van der Waals surface area (Å²) < 4.78 is 5.95. The van der Waals surface area contributed by atoms with Crippen molar-refractivity contribution < 1.29 is 4.74 Å². The first-order valence-electron chi connectivity index (χ1n) is 6.88. The van der Waals surface area contributed by atoms with E-state index in [1.54, 1.807) is 12.4 Å². The van der Waals surface area contributed by atoms with E-state index in [-0.39, 0.29) is 11.5 Å². The predicted octanol–water partition coefficient (Wildman–Crippen LogP) is 3.46. The first kappa shape index (κ1) is 14.5. The van der Waals surface area contributed by atoms with E-state index in [1.807, 2.05) is 24.3 Å². The molecule has 3 heteroatoms. The first-order valence-corrected chi connectivity index (χ1v) is 6.88. The maximum atomic E-state index is 5.95. The molecule has 1 aromatic carbocycles. The first-order chi connectivity index (χ1) is 9.50. The lowest BCUT2D eigenvalue weighted by molar-refractivity contribution is 0.213. The molecule has 106 valence electrons. The molecule has 0 amide bonds. The van der Waals surface area contributed by atoms with Crippen LogP contribution in [0.2, 0.25) is 0 Å². The highest BCUT2D eigenvalue weighted by Gasteiger charge is 2.15. The maximum Gasteiger partial charge on any atom is 0.137 e. The molecule has 0 aliphatic carbocycles. The average Bonchev–Trinajstić information content (AvgIpc) is 2.45. The van der Waals surface area contributed by atoms with Crippen LogP contribution in [0.4, 0.5) is 0 Å². The molecule has 2 aromatic rings. The Labute approximate surface area is 120 Å². The van der Waals surface area contributed by atoms with Crippen LogP contribution in [-0.4, -0.2) is 11.5 Å². The summed E-state index contributed by atoms with van der Waals surface area (Å²) in [7, 11) is 0. The van der Waals surface area contributed by atoms with Gasteiger partial charge in [-0.2, -0.15) is 0 Å². The fraction of sp³-hybridized carbons (Fsp3) is 0.353. The third-order valence-corrected chi connectivity index (χ3v) is 3.27. The lowest BCUT2D eigenvalue weighted by atomic mass is 9.87. The second-order valence-corrected chi connectivity index (χ2v) is 5.90. The quantitative estimate of drug-likeness (QED) is 0.925. The number of aromatic nitrogens is 1. The molecule has 0 aliphatic rings. The Balaban J connectivity index is 2.13. The zero-order valence-corrected chi connectivity index (χ0v) is 12.3. The molecule has 1 atom stereocenters. The van der Waals surface area contributed by atoms with Gasteiger partial charge in [0.15, 0.2) is 0 Å². The van der Waals surface area contributed by atoms with Gasteiger partial charge in [-0.3, -0.25) is 4.98 Å². The zero-order chi connectivity index (χ0) is 14.6. The molecule has 1 heterocycles. The smallest absolute Gasteiger partial charge is 0.137 e. The number of pyridine rings is 1. The van der Waals surface area contributed by atoms with E-state index in [2.05, 4.69) is 37.9 Å². The molecule has 1 unspecified atom stereocenters. The normalized spacial score (nSPS) is 13.0. The number of hydrogen-bond donors (Lipinski definition) is 1. The summed E-state index contributed by atoms with van der Waals surface area (Å²) in [5.74, 6) is 0.831. The van der Waals surface area contributed by atoms with E-state index in [9.17, 15) is 0 Å². The minimum absolute atomic E-state index is 0.148. The molecular formula is C17H22N2O. The van der Waals surface area contributed by atoms with E-state index in [0.717, 1.165) is 11.3 Å². The Bertz CT molecular complexity index is 529. The molecule has 3 nitrogen and oxygen atoms in total. The third-order valence-electron chi connectivity index (χ3n) is 3.27. The van der Waals surface area contributed by atoms with Crippen LogP contribution in [0.1, 0.15) is 38.0 Å². The summed E-state index contributed by atoms with van der Waals surface area (Å²) in [5, 5.41) is 0. The van der Waals surface area contributed by atoms with Gasteiger partial charge in [0.05, 0.1) is 0 Å². The molecule has 0 aliphatic heterocycles. The lowest BCUT2D eigenvalue weighted by Crippen LogP contribution is -2.18. The van der Waals surface area contributed by atoms with Crippen molar-refractivity contribution in [1.29, 1.82) is 0 Å². The molecule has 0 fully saturated rings. The van der Waals surface area contributed by atoms with Crippen molar-refractivity contribution in [2.24, 2.45) is 5.73 Å². The topological polar surface area (TPSA) is 48.1 Å². The van der Waals surface area contributed by atoms with Crippen molar-refractivity contribution in [3.8, 4) is 5.75 Å². The third kappa shape index (κ3) is 3.58. The molecule has 0 saturated heterocycles. The SMILES string of the molecule is CC(C)(C)c1ccc(OC(CN)c2cccnc2)cc1. The summed E-state index contributed by atoms with van der Waals surface area (Å²) in [6, 6.07) is 12.1. The summed E-state index contributed by atoms with van der Waals surface area (Å²) in [4.78, 5) is 4.11. The molecule has 0 saturated carbocycles. The monoisotopic (exact) mass is 270 g/mol. The van der Waals surface area contributed by atoms with Crippen LogP contribution < -0.4 is 10.5 Å². The highest BCUT2D eigenvalue weighted by atomic mass is 16.5. The van der Waals surface area contributed by atoms with Crippen LogP contribution in [0.5, 0.6) is 5.75 Å². The van der Waals surface area contributed by atoms with E-state index in [1.165, 1.54) is 5.56 Å². The van der Waals surface area contributed by atoms with E-state index >= 15 is 0 Å². The minimum atomic E-state index is -0.163. The number of benzene rings is 1. The Morgan fingerprint density at radius 3 is 2.35 bits per heavy atom. The van der Waals surface area contributed by atoms with Gasteiger partial charge in [-0.05, 0) is 29.2 Å². The van der Waals surface area contributed by atoms with Crippen LogP contribution in [0.25, 0.3) is 0 Å². The van der Waals surface area contributed by atoms with Crippen LogP contribution >= 0.6 is 0 Å². The van der Waals surface area contributed by atoms with Gasteiger partial charge in [-0.25, -0.2) is 0 Å². The van der Waals surface area contributed by atoms with Crippen molar-refractivity contribution in [2.45, 2.75) is 32.3 Å². The van der Waals surface area contributed by atoms with Gasteiger partial charge >= 0.3 is 0 Å². The Morgan fingerprint density at radius 1 is 1.15 bits per heavy atom.